The van der Waals surface area contributed by atoms with Crippen molar-refractivity contribution in [2.45, 2.75) is 64.5 Å². The van der Waals surface area contributed by atoms with E-state index < -0.39 is 11.3 Å². The summed E-state index contributed by atoms with van der Waals surface area (Å²) in [6.45, 7) is 8.40. The van der Waals surface area contributed by atoms with E-state index in [2.05, 4.69) is 38.9 Å². The fraction of sp³-hybridized carbons (Fsp3) is 0.571. The molecule has 3 amide bonds. The minimum atomic E-state index is -1.39. The van der Waals surface area contributed by atoms with Gasteiger partial charge >= 0.3 is 0 Å². The molecule has 2 saturated heterocycles. The van der Waals surface area contributed by atoms with Gasteiger partial charge in [-0.2, -0.15) is 4.98 Å². The molecule has 0 radical (unpaired) electrons. The second-order valence-electron chi connectivity index (χ2n) is 11.5. The van der Waals surface area contributed by atoms with E-state index in [4.69, 9.17) is 4.98 Å². The number of fused-ring (bicyclic) bond motifs is 1. The number of rotatable bonds is 5. The van der Waals surface area contributed by atoms with Gasteiger partial charge in [0.05, 0.1) is 18.3 Å². The van der Waals surface area contributed by atoms with Crippen molar-refractivity contribution in [3.05, 3.63) is 30.1 Å². The topological polar surface area (TPSA) is 115 Å². The van der Waals surface area contributed by atoms with E-state index in [0.717, 1.165) is 73.8 Å². The molecule has 0 bridgehead atoms. The van der Waals surface area contributed by atoms with Crippen molar-refractivity contribution < 1.29 is 14.4 Å². The van der Waals surface area contributed by atoms with Gasteiger partial charge < -0.3 is 10.2 Å². The summed E-state index contributed by atoms with van der Waals surface area (Å²) in [6.07, 6.45) is 7.24. The summed E-state index contributed by atoms with van der Waals surface area (Å²) in [4.78, 5) is 61.1. The highest BCUT2D eigenvalue weighted by Crippen LogP contribution is 2.46. The number of aromatic nitrogens is 3. The molecule has 1 saturated carbocycles. The Morgan fingerprint density at radius 2 is 1.69 bits per heavy atom. The van der Waals surface area contributed by atoms with Crippen LogP contribution in [0.1, 0.15) is 51.5 Å². The zero-order chi connectivity index (χ0) is 27.3. The second-order valence-corrected chi connectivity index (χ2v) is 11.5. The van der Waals surface area contributed by atoms with Gasteiger partial charge in [-0.15, -0.1) is 0 Å². The molecule has 2 aromatic heterocycles. The van der Waals surface area contributed by atoms with Gasteiger partial charge in [-0.3, -0.25) is 29.1 Å². The first-order chi connectivity index (χ1) is 18.8. The number of likely N-dealkylation sites (tertiary alicyclic amines) is 1. The van der Waals surface area contributed by atoms with Gasteiger partial charge in [0.25, 0.3) is 0 Å². The molecule has 206 valence electrons. The monoisotopic (exact) mass is 532 g/mol. The number of nitrogens with zero attached hydrogens (tertiary/aromatic N) is 7. The van der Waals surface area contributed by atoms with Crippen LogP contribution in [0.5, 0.6) is 0 Å². The van der Waals surface area contributed by atoms with Crippen LogP contribution >= 0.6 is 0 Å². The molecule has 1 N–H and O–H groups in total. The molecule has 5 heterocycles. The molecule has 39 heavy (non-hydrogen) atoms. The first kappa shape index (κ1) is 25.7. The summed E-state index contributed by atoms with van der Waals surface area (Å²) in [6, 6.07) is 4.48. The van der Waals surface area contributed by atoms with Crippen LogP contribution in [-0.4, -0.2) is 87.8 Å². The summed E-state index contributed by atoms with van der Waals surface area (Å²) < 4.78 is 0. The summed E-state index contributed by atoms with van der Waals surface area (Å²) in [5.74, 6) is 0.798. The van der Waals surface area contributed by atoms with Crippen LogP contribution < -0.4 is 15.1 Å². The van der Waals surface area contributed by atoms with Crippen LogP contribution in [-0.2, 0) is 20.8 Å². The molecule has 0 unspecified atom stereocenters. The molecule has 1 spiro atoms. The van der Waals surface area contributed by atoms with Crippen LogP contribution in [0.15, 0.2) is 24.5 Å². The summed E-state index contributed by atoms with van der Waals surface area (Å²) >= 11 is 0. The lowest BCUT2D eigenvalue weighted by atomic mass is 9.76. The number of carbonyl (C=O) groups is 3. The number of imide groups is 1. The maximum Gasteiger partial charge on any atom is 0.245 e. The molecule has 2 aromatic rings. The van der Waals surface area contributed by atoms with Gasteiger partial charge in [-0.25, -0.2) is 9.97 Å². The van der Waals surface area contributed by atoms with E-state index in [9.17, 15) is 14.4 Å². The first-order valence-electron chi connectivity index (χ1n) is 14.0. The van der Waals surface area contributed by atoms with Crippen molar-refractivity contribution >= 4 is 41.0 Å². The Morgan fingerprint density at radius 3 is 2.31 bits per heavy atom. The van der Waals surface area contributed by atoms with Crippen molar-refractivity contribution in [1.29, 1.82) is 0 Å². The predicted octanol–water partition coefficient (Wildman–Crippen LogP) is 2.35. The average Bonchev–Trinajstić information content (AvgIpc) is 3.54. The van der Waals surface area contributed by atoms with Crippen LogP contribution in [0.25, 0.3) is 0 Å². The van der Waals surface area contributed by atoms with Crippen molar-refractivity contribution in [2.24, 2.45) is 5.41 Å². The lowest BCUT2D eigenvalue weighted by molar-refractivity contribution is -0.144. The zero-order valence-electron chi connectivity index (χ0n) is 22.9. The third-order valence-corrected chi connectivity index (χ3v) is 8.79. The highest BCUT2D eigenvalue weighted by atomic mass is 16.2. The van der Waals surface area contributed by atoms with Crippen molar-refractivity contribution in [1.82, 2.24) is 24.8 Å². The molecule has 1 aliphatic carbocycles. The third kappa shape index (κ3) is 4.42. The van der Waals surface area contributed by atoms with E-state index in [1.54, 1.807) is 17.3 Å². The summed E-state index contributed by atoms with van der Waals surface area (Å²) in [5, 5.41) is 3.24. The Bertz CT molecular complexity index is 1280. The van der Waals surface area contributed by atoms with Crippen molar-refractivity contribution in [3.63, 3.8) is 0 Å². The van der Waals surface area contributed by atoms with Gasteiger partial charge in [0.2, 0.25) is 23.7 Å². The molecule has 3 aliphatic heterocycles. The lowest BCUT2D eigenvalue weighted by Crippen LogP contribution is -2.56. The SMILES string of the molecule is CC(C)N1CCN(c2ccc(Nc3ncc4c(n3)N(C3CCCC3)C(=O)[C@@]3(CC(=O)N(C)C3=O)C4)cn2)CC1. The quantitative estimate of drug-likeness (QED) is 0.458. The maximum atomic E-state index is 13.9. The van der Waals surface area contributed by atoms with Crippen LogP contribution in [0.2, 0.25) is 0 Å². The normalized spacial score (nSPS) is 24.4. The molecule has 11 heteroatoms. The fourth-order valence-electron chi connectivity index (χ4n) is 6.46. The van der Waals surface area contributed by atoms with E-state index in [-0.39, 0.29) is 30.7 Å². The zero-order valence-corrected chi connectivity index (χ0v) is 22.9. The Balaban J connectivity index is 1.23. The van der Waals surface area contributed by atoms with Gasteiger partial charge in [-0.1, -0.05) is 12.8 Å². The Morgan fingerprint density at radius 1 is 0.949 bits per heavy atom. The largest absolute Gasteiger partial charge is 0.354 e. The maximum absolute atomic E-state index is 13.9. The van der Waals surface area contributed by atoms with Crippen LogP contribution in [0, 0.1) is 5.41 Å². The van der Waals surface area contributed by atoms with E-state index in [1.165, 1.54) is 7.05 Å². The van der Waals surface area contributed by atoms with Gasteiger partial charge in [0.15, 0.2) is 0 Å². The molecular formula is C28H36N8O3. The number of carbonyl (C=O) groups excluding carboxylic acids is 3. The molecule has 4 aliphatic rings. The molecule has 3 fully saturated rings. The number of piperazine rings is 1. The Hall–Kier alpha value is -3.60. The molecular weight excluding hydrogens is 496 g/mol. The highest BCUT2D eigenvalue weighted by Gasteiger charge is 2.60. The summed E-state index contributed by atoms with van der Waals surface area (Å²) in [7, 11) is 1.45. The van der Waals surface area contributed by atoms with Crippen molar-refractivity contribution in [3.8, 4) is 0 Å². The minimum absolute atomic E-state index is 0.0397. The molecule has 11 nitrogen and oxygen atoms in total. The van der Waals surface area contributed by atoms with E-state index in [1.807, 2.05) is 12.1 Å². The van der Waals surface area contributed by atoms with Gasteiger partial charge in [0.1, 0.15) is 17.1 Å². The van der Waals surface area contributed by atoms with E-state index in [0.29, 0.717) is 17.8 Å². The van der Waals surface area contributed by atoms with Crippen molar-refractivity contribution in [2.75, 3.05) is 48.3 Å². The molecule has 1 atom stereocenters. The average molecular weight is 533 g/mol. The number of hydrogen-bond acceptors (Lipinski definition) is 9. The molecule has 0 aromatic carbocycles. The second kappa shape index (κ2) is 9.86. The number of pyridine rings is 1. The predicted molar refractivity (Wildman–Crippen MR) is 147 cm³/mol. The smallest absolute Gasteiger partial charge is 0.245 e. The fourth-order valence-corrected chi connectivity index (χ4v) is 6.46. The number of anilines is 4. The Kier molecular flexibility index (Phi) is 6.49. The first-order valence-corrected chi connectivity index (χ1v) is 14.0. The van der Waals surface area contributed by atoms with Gasteiger partial charge in [-0.05, 0) is 38.8 Å². The highest BCUT2D eigenvalue weighted by molar-refractivity contribution is 6.21. The number of hydrogen-bond donors (Lipinski definition) is 1. The number of nitrogens with one attached hydrogen (secondary N) is 1. The van der Waals surface area contributed by atoms with E-state index >= 15 is 0 Å². The van der Waals surface area contributed by atoms with Gasteiger partial charge in [0, 0.05) is 63.5 Å². The lowest BCUT2D eigenvalue weighted by Gasteiger charge is -2.40. The Labute approximate surface area is 228 Å². The van der Waals surface area contributed by atoms with Crippen LogP contribution in [0.3, 0.4) is 0 Å². The standard InChI is InChI=1S/C28H36N8O3/c1-18(2)34-10-12-35(13-11-34)22-9-8-20(17-29-22)31-27-30-16-19-14-28(15-23(37)33(3)25(28)38)26(39)36(24(19)32-27)21-6-4-5-7-21/h8-9,16-18,21H,4-7,10-15H2,1-3H3,(H,30,31,32)/t28-/m1/s1. The molecule has 6 rings (SSSR count). The van der Waals surface area contributed by atoms with Crippen LogP contribution in [0.4, 0.5) is 23.3 Å². The third-order valence-electron chi connectivity index (χ3n) is 8.79. The minimum Gasteiger partial charge on any atom is -0.354 e. The summed E-state index contributed by atoms with van der Waals surface area (Å²) in [5.41, 5.74) is 0.0846. The number of amides is 3.